The van der Waals surface area contributed by atoms with Crippen LogP contribution in [0.15, 0.2) is 24.3 Å². The Kier molecular flexibility index (Phi) is 9.12. The maximum Gasteiger partial charge on any atom is 0.0469 e. The van der Waals surface area contributed by atoms with Gasteiger partial charge in [0, 0.05) is 38.6 Å². The number of benzene rings is 1. The van der Waals surface area contributed by atoms with Gasteiger partial charge in [0.2, 0.25) is 0 Å². The third-order valence-corrected chi connectivity index (χ3v) is 4.61. The molecule has 0 bridgehead atoms. The van der Waals surface area contributed by atoms with Crippen LogP contribution in [-0.4, -0.2) is 38.0 Å². The smallest absolute Gasteiger partial charge is 0.0469 e. The molecule has 3 nitrogen and oxygen atoms in total. The van der Waals surface area contributed by atoms with Gasteiger partial charge < -0.3 is 14.7 Å². The van der Waals surface area contributed by atoms with E-state index in [1.165, 1.54) is 50.0 Å². The van der Waals surface area contributed by atoms with Crippen LogP contribution in [0.1, 0.15) is 56.9 Å². The average Bonchev–Trinajstić information content (AvgIpc) is 2.62. The van der Waals surface area contributed by atoms with Crippen LogP contribution < -0.4 is 4.90 Å². The Morgan fingerprint density at radius 2 is 1.52 bits per heavy atom. The summed E-state index contributed by atoms with van der Waals surface area (Å²) in [4.78, 5) is 2.51. The lowest BCUT2D eigenvalue weighted by Gasteiger charge is -2.28. The highest BCUT2D eigenvalue weighted by molar-refractivity contribution is 5.47. The molecule has 1 aliphatic heterocycles. The second-order valence-corrected chi connectivity index (χ2v) is 6.57. The van der Waals surface area contributed by atoms with Gasteiger partial charge in [-0.2, -0.15) is 0 Å². The molecule has 0 atom stereocenters. The fourth-order valence-corrected chi connectivity index (χ4v) is 3.18. The third-order valence-electron chi connectivity index (χ3n) is 4.61. The molecule has 0 spiro atoms. The molecule has 23 heavy (non-hydrogen) atoms. The van der Waals surface area contributed by atoms with Crippen LogP contribution in [0.2, 0.25) is 0 Å². The SMILES string of the molecule is OCCCCCCOCCCc1ccc(N2CCCCC2)cc1. The maximum absolute atomic E-state index is 8.70. The molecule has 0 saturated carbocycles. The summed E-state index contributed by atoms with van der Waals surface area (Å²) in [5.74, 6) is 0. The molecule has 1 heterocycles. The highest BCUT2D eigenvalue weighted by Gasteiger charge is 2.10. The number of nitrogens with zero attached hydrogens (tertiary/aromatic N) is 1. The minimum atomic E-state index is 0.317. The summed E-state index contributed by atoms with van der Waals surface area (Å²) in [6, 6.07) is 9.11. The number of ether oxygens (including phenoxy) is 1. The molecule has 2 rings (SSSR count). The zero-order valence-corrected chi connectivity index (χ0v) is 14.5. The van der Waals surface area contributed by atoms with Crippen molar-refractivity contribution < 1.29 is 9.84 Å². The number of aliphatic hydroxyl groups excluding tert-OH is 1. The maximum atomic E-state index is 8.70. The van der Waals surface area contributed by atoms with Crippen LogP contribution in [0.25, 0.3) is 0 Å². The van der Waals surface area contributed by atoms with E-state index in [0.717, 1.165) is 45.3 Å². The highest BCUT2D eigenvalue weighted by Crippen LogP contribution is 2.20. The molecular formula is C20H33NO2. The van der Waals surface area contributed by atoms with E-state index in [1.54, 1.807) is 0 Å². The van der Waals surface area contributed by atoms with Gasteiger partial charge in [0.05, 0.1) is 0 Å². The molecule has 1 N–H and O–H groups in total. The topological polar surface area (TPSA) is 32.7 Å². The van der Waals surface area contributed by atoms with Crippen molar-refractivity contribution in [2.75, 3.05) is 37.8 Å². The number of hydrogen-bond acceptors (Lipinski definition) is 3. The first-order valence-corrected chi connectivity index (χ1v) is 9.42. The molecule has 1 saturated heterocycles. The lowest BCUT2D eigenvalue weighted by Crippen LogP contribution is -2.29. The van der Waals surface area contributed by atoms with E-state index in [-0.39, 0.29) is 0 Å². The number of anilines is 1. The highest BCUT2D eigenvalue weighted by atomic mass is 16.5. The number of aryl methyl sites for hydroxylation is 1. The Morgan fingerprint density at radius 1 is 0.826 bits per heavy atom. The van der Waals surface area contributed by atoms with E-state index in [1.807, 2.05) is 0 Å². The summed E-state index contributed by atoms with van der Waals surface area (Å²) in [6.07, 6.45) is 10.6. The Bertz CT molecular complexity index is 399. The Balaban J connectivity index is 1.54. The van der Waals surface area contributed by atoms with Gasteiger partial charge in [-0.3, -0.25) is 0 Å². The van der Waals surface area contributed by atoms with Gasteiger partial charge in [-0.25, -0.2) is 0 Å². The largest absolute Gasteiger partial charge is 0.396 e. The van der Waals surface area contributed by atoms with Crippen molar-refractivity contribution in [3.63, 3.8) is 0 Å². The van der Waals surface area contributed by atoms with Crippen molar-refractivity contribution in [2.45, 2.75) is 57.8 Å². The van der Waals surface area contributed by atoms with Crippen LogP contribution in [0.3, 0.4) is 0 Å². The van der Waals surface area contributed by atoms with Crippen molar-refractivity contribution in [1.29, 1.82) is 0 Å². The summed E-state index contributed by atoms with van der Waals surface area (Å²) in [5.41, 5.74) is 2.80. The number of piperidine rings is 1. The first kappa shape index (κ1) is 18.3. The summed E-state index contributed by atoms with van der Waals surface area (Å²) in [7, 11) is 0. The molecule has 130 valence electrons. The van der Waals surface area contributed by atoms with Crippen LogP contribution >= 0.6 is 0 Å². The summed E-state index contributed by atoms with van der Waals surface area (Å²) < 4.78 is 5.68. The molecule has 1 aliphatic rings. The van der Waals surface area contributed by atoms with E-state index in [9.17, 15) is 0 Å². The zero-order valence-electron chi connectivity index (χ0n) is 14.5. The van der Waals surface area contributed by atoms with Gasteiger partial charge in [-0.1, -0.05) is 25.0 Å². The standard InChI is InChI=1S/C20H33NO2/c22-16-6-1-2-7-17-23-18-8-9-19-10-12-20(13-11-19)21-14-4-3-5-15-21/h10-13,22H,1-9,14-18H2. The fraction of sp³-hybridized carbons (Fsp3) is 0.700. The normalized spacial score (nSPS) is 15.1. The van der Waals surface area contributed by atoms with Crippen LogP contribution in [0.5, 0.6) is 0 Å². The van der Waals surface area contributed by atoms with E-state index in [2.05, 4.69) is 29.2 Å². The molecule has 0 aliphatic carbocycles. The predicted octanol–water partition coefficient (Wildman–Crippen LogP) is 4.18. The van der Waals surface area contributed by atoms with Crippen molar-refractivity contribution >= 4 is 5.69 Å². The van der Waals surface area contributed by atoms with E-state index in [4.69, 9.17) is 9.84 Å². The van der Waals surface area contributed by atoms with Gasteiger partial charge in [0.1, 0.15) is 0 Å². The van der Waals surface area contributed by atoms with Crippen LogP contribution in [-0.2, 0) is 11.2 Å². The van der Waals surface area contributed by atoms with Gasteiger partial charge >= 0.3 is 0 Å². The molecule has 3 heteroatoms. The number of unbranched alkanes of at least 4 members (excludes halogenated alkanes) is 3. The van der Waals surface area contributed by atoms with Crippen molar-refractivity contribution in [3.05, 3.63) is 29.8 Å². The van der Waals surface area contributed by atoms with Crippen LogP contribution in [0.4, 0.5) is 5.69 Å². The second-order valence-electron chi connectivity index (χ2n) is 6.57. The molecule has 1 aromatic carbocycles. The quantitative estimate of drug-likeness (QED) is 0.621. The van der Waals surface area contributed by atoms with Crippen molar-refractivity contribution in [3.8, 4) is 0 Å². The van der Waals surface area contributed by atoms with E-state index >= 15 is 0 Å². The number of aliphatic hydroxyl groups is 1. The molecule has 1 fully saturated rings. The third kappa shape index (κ3) is 7.36. The minimum Gasteiger partial charge on any atom is -0.396 e. The first-order chi connectivity index (χ1) is 11.4. The predicted molar refractivity (Wildman–Crippen MR) is 97.2 cm³/mol. The second kappa shape index (κ2) is 11.5. The molecule has 0 aromatic heterocycles. The van der Waals surface area contributed by atoms with E-state index in [0.29, 0.717) is 6.61 Å². The number of rotatable bonds is 11. The van der Waals surface area contributed by atoms with Gasteiger partial charge in [-0.15, -0.1) is 0 Å². The molecule has 0 radical (unpaired) electrons. The van der Waals surface area contributed by atoms with E-state index < -0.39 is 0 Å². The molecular weight excluding hydrogens is 286 g/mol. The number of hydrogen-bond donors (Lipinski definition) is 1. The Labute approximate surface area is 141 Å². The fourth-order valence-electron chi connectivity index (χ4n) is 3.18. The van der Waals surface area contributed by atoms with Crippen molar-refractivity contribution in [2.24, 2.45) is 0 Å². The summed E-state index contributed by atoms with van der Waals surface area (Å²) >= 11 is 0. The van der Waals surface area contributed by atoms with Crippen LogP contribution in [0, 0.1) is 0 Å². The van der Waals surface area contributed by atoms with Gasteiger partial charge in [0.25, 0.3) is 0 Å². The minimum absolute atomic E-state index is 0.317. The summed E-state index contributed by atoms with van der Waals surface area (Å²) in [6.45, 7) is 4.46. The molecule has 0 amide bonds. The lowest BCUT2D eigenvalue weighted by atomic mass is 10.1. The monoisotopic (exact) mass is 319 g/mol. The Morgan fingerprint density at radius 3 is 2.26 bits per heavy atom. The molecule has 1 aromatic rings. The summed E-state index contributed by atoms with van der Waals surface area (Å²) in [5, 5.41) is 8.70. The molecule has 0 unspecified atom stereocenters. The van der Waals surface area contributed by atoms with Gasteiger partial charge in [0.15, 0.2) is 0 Å². The first-order valence-electron chi connectivity index (χ1n) is 9.42. The van der Waals surface area contributed by atoms with Gasteiger partial charge in [-0.05, 0) is 62.6 Å². The Hall–Kier alpha value is -1.06. The average molecular weight is 319 g/mol. The van der Waals surface area contributed by atoms with Crippen molar-refractivity contribution in [1.82, 2.24) is 0 Å². The zero-order chi connectivity index (χ0) is 16.2. The lowest BCUT2D eigenvalue weighted by molar-refractivity contribution is 0.127.